The summed E-state index contributed by atoms with van der Waals surface area (Å²) in [5.74, 6) is 0.639. The lowest BCUT2D eigenvalue weighted by Gasteiger charge is -2.13. The molecule has 1 aromatic heterocycles. The van der Waals surface area contributed by atoms with Crippen LogP contribution in [0.15, 0.2) is 33.9 Å². The lowest BCUT2D eigenvalue weighted by atomic mass is 10.2. The van der Waals surface area contributed by atoms with Crippen molar-refractivity contribution in [3.05, 3.63) is 45.1 Å². The molecule has 1 atom stereocenters. The highest BCUT2D eigenvalue weighted by molar-refractivity contribution is 7.80. The third-order valence-corrected chi connectivity index (χ3v) is 3.08. The molecule has 92 valence electrons. The van der Waals surface area contributed by atoms with Gasteiger partial charge in [-0.1, -0.05) is 12.1 Å². The average molecular weight is 252 g/mol. The second-order valence-electron chi connectivity index (χ2n) is 4.01. The third-order valence-electron chi connectivity index (χ3n) is 2.82. The summed E-state index contributed by atoms with van der Waals surface area (Å²) in [5, 5.41) is 0.540. The molecule has 0 saturated heterocycles. The standard InChI is InChI=1S/C12H14N2O2S.H2/c1-8(6-7-17)14-11(15)9-4-2-3-5-10(9)13-12(14)16;/h2-5,8,17H,6-7H2,1H3,(H,13,16);1H. The zero-order chi connectivity index (χ0) is 12.4. The summed E-state index contributed by atoms with van der Waals surface area (Å²) in [7, 11) is 0. The van der Waals surface area contributed by atoms with Crippen LogP contribution in [-0.4, -0.2) is 15.3 Å². The van der Waals surface area contributed by atoms with Gasteiger partial charge in [0.15, 0.2) is 0 Å². The first-order valence-corrected chi connectivity index (χ1v) is 6.13. The van der Waals surface area contributed by atoms with Gasteiger partial charge >= 0.3 is 5.69 Å². The maximum Gasteiger partial charge on any atom is 0.329 e. The summed E-state index contributed by atoms with van der Waals surface area (Å²) in [6.45, 7) is 1.85. The molecule has 0 aliphatic heterocycles. The Balaban J connectivity index is 0.00000162. The quantitative estimate of drug-likeness (QED) is 0.819. The van der Waals surface area contributed by atoms with Crippen molar-refractivity contribution in [2.45, 2.75) is 19.4 Å². The molecular formula is C12H16N2O2S. The van der Waals surface area contributed by atoms with Gasteiger partial charge < -0.3 is 4.98 Å². The highest BCUT2D eigenvalue weighted by atomic mass is 32.1. The number of fused-ring (bicyclic) bond motifs is 1. The van der Waals surface area contributed by atoms with E-state index < -0.39 is 0 Å². The summed E-state index contributed by atoms with van der Waals surface area (Å²) in [5.41, 5.74) is -0.0153. The van der Waals surface area contributed by atoms with Crippen LogP contribution in [0.5, 0.6) is 0 Å². The van der Waals surface area contributed by atoms with Crippen molar-refractivity contribution in [3.8, 4) is 0 Å². The van der Waals surface area contributed by atoms with Gasteiger partial charge in [0.25, 0.3) is 5.56 Å². The minimum Gasteiger partial charge on any atom is -0.307 e. The van der Waals surface area contributed by atoms with Crippen LogP contribution in [0.25, 0.3) is 10.9 Å². The molecule has 1 aromatic carbocycles. The van der Waals surface area contributed by atoms with Crippen LogP contribution in [-0.2, 0) is 0 Å². The van der Waals surface area contributed by atoms with Gasteiger partial charge in [0, 0.05) is 7.47 Å². The highest BCUT2D eigenvalue weighted by Gasteiger charge is 2.12. The molecular weight excluding hydrogens is 236 g/mol. The number of H-pyrrole nitrogens is 1. The smallest absolute Gasteiger partial charge is 0.307 e. The van der Waals surface area contributed by atoms with Gasteiger partial charge in [-0.05, 0) is 31.2 Å². The molecule has 4 nitrogen and oxygen atoms in total. The van der Waals surface area contributed by atoms with Crippen molar-refractivity contribution in [1.29, 1.82) is 0 Å². The first-order chi connectivity index (χ1) is 8.15. The van der Waals surface area contributed by atoms with Crippen molar-refractivity contribution in [2.75, 3.05) is 5.75 Å². The van der Waals surface area contributed by atoms with E-state index in [2.05, 4.69) is 17.6 Å². The van der Waals surface area contributed by atoms with Gasteiger partial charge in [-0.3, -0.25) is 9.36 Å². The molecule has 0 aliphatic carbocycles. The molecule has 0 fully saturated rings. The number of nitrogens with one attached hydrogen (secondary N) is 1. The Morgan fingerprint density at radius 1 is 1.41 bits per heavy atom. The van der Waals surface area contributed by atoms with Gasteiger partial charge in [0.1, 0.15) is 0 Å². The van der Waals surface area contributed by atoms with E-state index in [1.54, 1.807) is 24.3 Å². The van der Waals surface area contributed by atoms with Gasteiger partial charge in [-0.15, -0.1) is 0 Å². The maximum absolute atomic E-state index is 12.2. The zero-order valence-electron chi connectivity index (χ0n) is 9.51. The van der Waals surface area contributed by atoms with Crippen molar-refractivity contribution in [2.24, 2.45) is 0 Å². The molecule has 0 radical (unpaired) electrons. The summed E-state index contributed by atoms with van der Waals surface area (Å²) in [6, 6.07) is 6.88. The predicted octanol–water partition coefficient (Wildman–Crippen LogP) is 1.82. The van der Waals surface area contributed by atoms with Gasteiger partial charge in [-0.2, -0.15) is 12.6 Å². The van der Waals surface area contributed by atoms with E-state index in [1.807, 2.05) is 6.92 Å². The minimum atomic E-state index is -0.358. The van der Waals surface area contributed by atoms with E-state index >= 15 is 0 Å². The highest BCUT2D eigenvalue weighted by Crippen LogP contribution is 2.09. The topological polar surface area (TPSA) is 54.9 Å². The molecule has 0 aliphatic rings. The Hall–Kier alpha value is -1.49. The van der Waals surface area contributed by atoms with E-state index in [-0.39, 0.29) is 18.7 Å². The summed E-state index contributed by atoms with van der Waals surface area (Å²) < 4.78 is 1.26. The first kappa shape index (κ1) is 12.0. The van der Waals surface area contributed by atoms with E-state index in [4.69, 9.17) is 0 Å². The molecule has 1 N–H and O–H groups in total. The molecule has 0 spiro atoms. The zero-order valence-corrected chi connectivity index (χ0v) is 10.4. The molecule has 17 heavy (non-hydrogen) atoms. The van der Waals surface area contributed by atoms with Crippen LogP contribution >= 0.6 is 12.6 Å². The molecule has 0 amide bonds. The van der Waals surface area contributed by atoms with Crippen LogP contribution in [0.3, 0.4) is 0 Å². The van der Waals surface area contributed by atoms with Crippen LogP contribution in [0.1, 0.15) is 20.8 Å². The minimum absolute atomic E-state index is 0. The van der Waals surface area contributed by atoms with Crippen LogP contribution < -0.4 is 11.2 Å². The second-order valence-corrected chi connectivity index (χ2v) is 4.46. The number of benzene rings is 1. The van der Waals surface area contributed by atoms with Crippen molar-refractivity contribution in [3.63, 3.8) is 0 Å². The number of aromatic amines is 1. The van der Waals surface area contributed by atoms with Gasteiger partial charge in [-0.25, -0.2) is 4.79 Å². The average Bonchev–Trinajstić information content (AvgIpc) is 2.29. The molecule has 1 unspecified atom stereocenters. The predicted molar refractivity (Wildman–Crippen MR) is 74.1 cm³/mol. The fourth-order valence-corrected chi connectivity index (χ4v) is 2.27. The third kappa shape index (κ3) is 2.15. The normalized spacial score (nSPS) is 12.8. The Labute approximate surface area is 105 Å². The molecule has 0 saturated carbocycles. The summed E-state index contributed by atoms with van der Waals surface area (Å²) >= 11 is 4.12. The van der Waals surface area contributed by atoms with E-state index in [1.165, 1.54) is 4.57 Å². The molecule has 5 heteroatoms. The lowest BCUT2D eigenvalue weighted by Crippen LogP contribution is -2.37. The summed E-state index contributed by atoms with van der Waals surface area (Å²) in [6.07, 6.45) is 0.685. The van der Waals surface area contributed by atoms with Crippen molar-refractivity contribution < 1.29 is 1.43 Å². The van der Waals surface area contributed by atoms with Gasteiger partial charge in [0.2, 0.25) is 0 Å². The Kier molecular flexibility index (Phi) is 3.38. The number of para-hydroxylation sites is 1. The number of hydrogen-bond acceptors (Lipinski definition) is 3. The van der Waals surface area contributed by atoms with Crippen LogP contribution in [0.4, 0.5) is 0 Å². The van der Waals surface area contributed by atoms with Crippen LogP contribution in [0, 0.1) is 0 Å². The van der Waals surface area contributed by atoms with Gasteiger partial charge in [0.05, 0.1) is 10.9 Å². The van der Waals surface area contributed by atoms with Crippen LogP contribution in [0.2, 0.25) is 0 Å². The lowest BCUT2D eigenvalue weighted by molar-refractivity contribution is 0.498. The molecule has 2 aromatic rings. The number of rotatable bonds is 3. The monoisotopic (exact) mass is 252 g/mol. The molecule has 0 bridgehead atoms. The fourth-order valence-electron chi connectivity index (χ4n) is 1.89. The maximum atomic E-state index is 12.2. The Morgan fingerprint density at radius 2 is 2.12 bits per heavy atom. The number of hydrogen-bond donors (Lipinski definition) is 2. The fraction of sp³-hybridized carbons (Fsp3) is 0.333. The number of aromatic nitrogens is 2. The van der Waals surface area contributed by atoms with Crippen molar-refractivity contribution >= 4 is 23.5 Å². The largest absolute Gasteiger partial charge is 0.329 e. The summed E-state index contributed by atoms with van der Waals surface area (Å²) in [4.78, 5) is 26.8. The number of nitrogens with zero attached hydrogens (tertiary/aromatic N) is 1. The van der Waals surface area contributed by atoms with E-state index in [9.17, 15) is 9.59 Å². The van der Waals surface area contributed by atoms with Crippen molar-refractivity contribution in [1.82, 2.24) is 9.55 Å². The number of thiol groups is 1. The first-order valence-electron chi connectivity index (χ1n) is 5.49. The van der Waals surface area contributed by atoms with E-state index in [0.717, 1.165) is 0 Å². The molecule has 2 rings (SSSR count). The Morgan fingerprint density at radius 3 is 2.82 bits per heavy atom. The van der Waals surface area contributed by atoms with E-state index in [0.29, 0.717) is 23.1 Å². The SMILES string of the molecule is CC(CCS)n1c(=O)[nH]c2ccccc2c1=O.[HH]. The molecule has 1 heterocycles. The second kappa shape index (κ2) is 4.79. The Bertz CT molecular complexity index is 650.